The zero-order valence-corrected chi connectivity index (χ0v) is 20.1. The summed E-state index contributed by atoms with van der Waals surface area (Å²) in [5.74, 6) is -4.08. The number of thiazole rings is 1. The standard InChI is InChI=1S/C24H23FN2O5S2/c1-8(2)17(23(30)31)27-21(28)15-11-7-12(16(15)22(27)29)18-14(11)13(9-3-5-10(25)6-4-9)19-20(33-18)26-24(32)34-19/h3-6,8,11-18H,7H2,1-2H3,(H,26,32)(H,30,31)/t11-,12+,13+,14+,15-,16+,17-,18-/m1/s1. The summed E-state index contributed by atoms with van der Waals surface area (Å²) in [4.78, 5) is 56.0. The predicted octanol–water partition coefficient (Wildman–Crippen LogP) is 3.16. The molecule has 2 amide bonds. The van der Waals surface area contributed by atoms with E-state index in [1.54, 1.807) is 37.7 Å². The Morgan fingerprint density at radius 3 is 2.38 bits per heavy atom. The van der Waals surface area contributed by atoms with Crippen molar-refractivity contribution in [1.82, 2.24) is 9.88 Å². The molecule has 0 spiro atoms. The van der Waals surface area contributed by atoms with Crippen LogP contribution >= 0.6 is 23.1 Å². The molecule has 1 saturated heterocycles. The molecule has 1 aromatic carbocycles. The monoisotopic (exact) mass is 502 g/mol. The van der Waals surface area contributed by atoms with Gasteiger partial charge in [0.15, 0.2) is 0 Å². The first-order valence-electron chi connectivity index (χ1n) is 11.4. The summed E-state index contributed by atoms with van der Waals surface area (Å²) in [6.07, 6.45) is 0.721. The van der Waals surface area contributed by atoms with Crippen molar-refractivity contribution in [3.8, 4) is 0 Å². The number of carbonyl (C=O) groups is 3. The second-order valence-electron chi connectivity index (χ2n) is 10.1. The number of halogens is 1. The van der Waals surface area contributed by atoms with Crippen molar-refractivity contribution in [2.24, 2.45) is 35.5 Å². The maximum atomic E-state index is 13.7. The molecule has 0 unspecified atom stereocenters. The maximum Gasteiger partial charge on any atom is 0.327 e. The molecule has 10 heteroatoms. The van der Waals surface area contributed by atoms with E-state index in [4.69, 9.17) is 0 Å². The number of aliphatic carboxylic acids is 1. The number of carboxylic acid groups (broad SMARTS) is 1. The van der Waals surface area contributed by atoms with Gasteiger partial charge in [-0.1, -0.05) is 37.3 Å². The van der Waals surface area contributed by atoms with Crippen molar-refractivity contribution in [3.63, 3.8) is 0 Å². The Bertz CT molecular complexity index is 1270. The quantitative estimate of drug-likeness (QED) is 0.622. The third-order valence-corrected chi connectivity index (χ3v) is 10.7. The Morgan fingerprint density at radius 2 is 1.76 bits per heavy atom. The van der Waals surface area contributed by atoms with Crippen molar-refractivity contribution in [2.45, 2.75) is 42.5 Å². The lowest BCUT2D eigenvalue weighted by atomic mass is 9.68. The van der Waals surface area contributed by atoms with Crippen molar-refractivity contribution >= 4 is 40.9 Å². The molecular weight excluding hydrogens is 479 g/mol. The number of carboxylic acids is 1. The molecule has 2 aromatic rings. The Labute approximate surface area is 202 Å². The molecule has 2 N–H and O–H groups in total. The molecule has 34 heavy (non-hydrogen) atoms. The van der Waals surface area contributed by atoms with E-state index in [0.29, 0.717) is 0 Å². The lowest BCUT2D eigenvalue weighted by molar-refractivity contribution is -0.157. The number of benzene rings is 1. The lowest BCUT2D eigenvalue weighted by Gasteiger charge is -2.43. The van der Waals surface area contributed by atoms with E-state index in [2.05, 4.69) is 4.98 Å². The van der Waals surface area contributed by atoms with Gasteiger partial charge in [-0.25, -0.2) is 9.18 Å². The highest BCUT2D eigenvalue weighted by Gasteiger charge is 2.70. The highest BCUT2D eigenvalue weighted by Crippen LogP contribution is 2.68. The first-order valence-corrected chi connectivity index (χ1v) is 13.1. The highest BCUT2D eigenvalue weighted by molar-refractivity contribution is 8.00. The number of thioether (sulfide) groups is 1. The number of aromatic amines is 1. The number of nitrogens with one attached hydrogen (secondary N) is 1. The number of fused-ring (bicyclic) bond motifs is 9. The van der Waals surface area contributed by atoms with Gasteiger partial charge in [-0.2, -0.15) is 0 Å². The number of hydrogen-bond acceptors (Lipinski definition) is 6. The van der Waals surface area contributed by atoms with Gasteiger partial charge in [0.25, 0.3) is 0 Å². The van der Waals surface area contributed by atoms with Gasteiger partial charge in [-0.05, 0) is 47.8 Å². The summed E-state index contributed by atoms with van der Waals surface area (Å²) in [5, 5.41) is 10.6. The van der Waals surface area contributed by atoms with Crippen LogP contribution in [0.3, 0.4) is 0 Å². The van der Waals surface area contributed by atoms with Crippen molar-refractivity contribution in [3.05, 3.63) is 50.2 Å². The molecule has 3 heterocycles. The third kappa shape index (κ3) is 2.87. The van der Waals surface area contributed by atoms with E-state index >= 15 is 0 Å². The summed E-state index contributed by atoms with van der Waals surface area (Å²) < 4.78 is 13.7. The molecule has 178 valence electrons. The van der Waals surface area contributed by atoms with Gasteiger partial charge in [0.1, 0.15) is 11.9 Å². The SMILES string of the molecule is CC(C)[C@H](C(=O)O)N1C(=O)[C@@H]2[C@@H]3C[C@H]([C@H]4Sc5[nH]c(=O)sc5[C@@H](c5ccc(F)cc5)[C@H]34)[C@@H]2C1=O. The second kappa shape index (κ2) is 7.52. The number of amides is 2. The average Bonchev–Trinajstić information content (AvgIpc) is 3.49. The van der Waals surface area contributed by atoms with Gasteiger partial charge >= 0.3 is 10.8 Å². The van der Waals surface area contributed by atoms with Crippen molar-refractivity contribution < 1.29 is 23.9 Å². The molecule has 2 aliphatic heterocycles. The van der Waals surface area contributed by atoms with Gasteiger partial charge in [-0.3, -0.25) is 19.3 Å². The molecule has 8 atom stereocenters. The van der Waals surface area contributed by atoms with Crippen LogP contribution < -0.4 is 4.87 Å². The van der Waals surface area contributed by atoms with Crippen molar-refractivity contribution in [2.75, 3.05) is 0 Å². The molecule has 7 nitrogen and oxygen atoms in total. The minimum absolute atomic E-state index is 0.000288. The van der Waals surface area contributed by atoms with E-state index in [-0.39, 0.29) is 51.4 Å². The van der Waals surface area contributed by atoms with E-state index in [9.17, 15) is 28.7 Å². The zero-order chi connectivity index (χ0) is 24.0. The molecule has 0 radical (unpaired) electrons. The number of rotatable bonds is 4. The summed E-state index contributed by atoms with van der Waals surface area (Å²) in [6.45, 7) is 3.41. The van der Waals surface area contributed by atoms with E-state index in [0.717, 1.165) is 38.1 Å². The molecule has 2 aliphatic carbocycles. The number of hydrogen-bond donors (Lipinski definition) is 2. The largest absolute Gasteiger partial charge is 0.480 e. The first kappa shape index (κ1) is 22.0. The van der Waals surface area contributed by atoms with Crippen LogP contribution in [0.2, 0.25) is 0 Å². The Kier molecular flexibility index (Phi) is 4.87. The lowest BCUT2D eigenvalue weighted by Crippen LogP contribution is -2.49. The molecule has 2 saturated carbocycles. The van der Waals surface area contributed by atoms with Crippen LogP contribution in [0, 0.1) is 41.3 Å². The number of imide groups is 1. The molecular formula is C24H23FN2O5S2. The summed E-state index contributed by atoms with van der Waals surface area (Å²) in [6, 6.07) is 5.10. The Balaban J connectivity index is 1.44. The van der Waals surface area contributed by atoms with Gasteiger partial charge in [0, 0.05) is 16.0 Å². The van der Waals surface area contributed by atoms with Crippen LogP contribution in [0.5, 0.6) is 0 Å². The fraction of sp³-hybridized carbons (Fsp3) is 0.500. The van der Waals surface area contributed by atoms with Crippen molar-refractivity contribution in [1.29, 1.82) is 0 Å². The average molecular weight is 503 g/mol. The highest BCUT2D eigenvalue weighted by atomic mass is 32.2. The molecule has 2 bridgehead atoms. The molecule has 3 fully saturated rings. The van der Waals surface area contributed by atoms with E-state index < -0.39 is 29.8 Å². The Hall–Kier alpha value is -2.46. The van der Waals surface area contributed by atoms with Crippen LogP contribution in [-0.2, 0) is 14.4 Å². The fourth-order valence-electron chi connectivity index (χ4n) is 7.05. The normalized spacial score (nSPS) is 34.4. The van der Waals surface area contributed by atoms with Gasteiger partial charge in [0.05, 0.1) is 16.9 Å². The van der Waals surface area contributed by atoms with Crippen LogP contribution in [0.25, 0.3) is 0 Å². The summed E-state index contributed by atoms with van der Waals surface area (Å²) in [7, 11) is 0. The predicted molar refractivity (Wildman–Crippen MR) is 123 cm³/mol. The number of carbonyl (C=O) groups excluding carboxylic acids is 2. The smallest absolute Gasteiger partial charge is 0.327 e. The topological polar surface area (TPSA) is 108 Å². The van der Waals surface area contributed by atoms with Gasteiger partial charge in [0.2, 0.25) is 11.8 Å². The fourth-order valence-corrected chi connectivity index (χ4v) is 9.94. The summed E-state index contributed by atoms with van der Waals surface area (Å²) in [5.41, 5.74) is 0.886. The molecule has 1 aromatic heterocycles. The van der Waals surface area contributed by atoms with Crippen LogP contribution in [0.4, 0.5) is 4.39 Å². The van der Waals surface area contributed by atoms with Gasteiger partial charge in [-0.15, -0.1) is 11.8 Å². The summed E-state index contributed by atoms with van der Waals surface area (Å²) >= 11 is 2.72. The minimum atomic E-state index is -1.18. The number of H-pyrrole nitrogens is 1. The first-order chi connectivity index (χ1) is 16.2. The molecule has 6 rings (SSSR count). The minimum Gasteiger partial charge on any atom is -0.480 e. The second-order valence-corrected chi connectivity index (χ2v) is 12.3. The van der Waals surface area contributed by atoms with E-state index in [1.807, 2.05) is 0 Å². The number of likely N-dealkylation sites (tertiary alicyclic amines) is 1. The number of aromatic nitrogens is 1. The van der Waals surface area contributed by atoms with Crippen LogP contribution in [-0.4, -0.2) is 44.1 Å². The maximum absolute atomic E-state index is 13.7. The number of nitrogens with zero attached hydrogens (tertiary/aromatic N) is 1. The van der Waals surface area contributed by atoms with E-state index in [1.165, 1.54) is 12.1 Å². The Morgan fingerprint density at radius 1 is 1.12 bits per heavy atom. The molecule has 4 aliphatic rings. The third-order valence-electron chi connectivity index (χ3n) is 8.15. The van der Waals surface area contributed by atoms with Crippen LogP contribution in [0.1, 0.15) is 36.6 Å². The van der Waals surface area contributed by atoms with Gasteiger partial charge < -0.3 is 10.1 Å². The van der Waals surface area contributed by atoms with Crippen LogP contribution in [0.15, 0.2) is 34.1 Å². The zero-order valence-electron chi connectivity index (χ0n) is 18.4.